The molecule has 0 saturated carbocycles. The van der Waals surface area contributed by atoms with Crippen LogP contribution in [0.25, 0.3) is 5.69 Å². The molecule has 1 aromatic carbocycles. The summed E-state index contributed by atoms with van der Waals surface area (Å²) >= 11 is 3.14. The molecule has 94 valence electrons. The number of nitrogens with zero attached hydrogens (tertiary/aromatic N) is 2. The second-order valence-corrected chi connectivity index (χ2v) is 5.39. The molecule has 1 aliphatic carbocycles. The van der Waals surface area contributed by atoms with Gasteiger partial charge in [-0.15, -0.1) is 0 Å². The summed E-state index contributed by atoms with van der Waals surface area (Å²) in [4.78, 5) is 4.40. The van der Waals surface area contributed by atoms with Gasteiger partial charge < -0.3 is 10.3 Å². The predicted molar refractivity (Wildman–Crippen MR) is 72.3 cm³/mol. The summed E-state index contributed by atoms with van der Waals surface area (Å²) in [5.74, 6) is -0.308. The van der Waals surface area contributed by atoms with Crippen LogP contribution in [0.2, 0.25) is 0 Å². The summed E-state index contributed by atoms with van der Waals surface area (Å²) in [5.41, 5.74) is 9.47. The Bertz CT molecular complexity index is 607. The molecule has 0 atom stereocenters. The maximum Gasteiger partial charge on any atom is 0.139 e. The number of aryl methyl sites for hydroxylation is 1. The zero-order valence-electron chi connectivity index (χ0n) is 9.79. The monoisotopic (exact) mass is 309 g/mol. The van der Waals surface area contributed by atoms with Gasteiger partial charge in [0.2, 0.25) is 0 Å². The number of anilines is 1. The lowest BCUT2D eigenvalue weighted by molar-refractivity contribution is 0.618. The average molecular weight is 310 g/mol. The fourth-order valence-electron chi connectivity index (χ4n) is 2.44. The Balaban J connectivity index is 2.15. The first kappa shape index (κ1) is 11.7. The van der Waals surface area contributed by atoms with Crippen LogP contribution in [0.4, 0.5) is 10.1 Å². The highest BCUT2D eigenvalue weighted by molar-refractivity contribution is 9.10. The summed E-state index contributed by atoms with van der Waals surface area (Å²) in [6, 6.07) is 3.05. The van der Waals surface area contributed by atoms with Crippen LogP contribution in [0.3, 0.4) is 0 Å². The third-order valence-electron chi connectivity index (χ3n) is 3.36. The number of aromatic nitrogens is 2. The Labute approximate surface area is 113 Å². The van der Waals surface area contributed by atoms with E-state index in [4.69, 9.17) is 5.73 Å². The highest BCUT2D eigenvalue weighted by Crippen LogP contribution is 2.29. The Morgan fingerprint density at radius 3 is 2.89 bits per heavy atom. The van der Waals surface area contributed by atoms with Gasteiger partial charge in [0.1, 0.15) is 5.82 Å². The van der Waals surface area contributed by atoms with E-state index < -0.39 is 0 Å². The summed E-state index contributed by atoms with van der Waals surface area (Å²) in [6.45, 7) is 0. The maximum absolute atomic E-state index is 13.6. The smallest absolute Gasteiger partial charge is 0.139 e. The SMILES string of the molecule is Nc1cc(Br)c(F)cc1-n1cnc2c1CCCC2. The van der Waals surface area contributed by atoms with Crippen LogP contribution < -0.4 is 5.73 Å². The van der Waals surface area contributed by atoms with Crippen molar-refractivity contribution < 1.29 is 4.39 Å². The van der Waals surface area contributed by atoms with E-state index in [0.717, 1.165) is 30.7 Å². The van der Waals surface area contributed by atoms with Crippen molar-refractivity contribution in [1.82, 2.24) is 9.55 Å². The van der Waals surface area contributed by atoms with Crippen molar-refractivity contribution in [2.45, 2.75) is 25.7 Å². The average Bonchev–Trinajstić information content (AvgIpc) is 2.78. The van der Waals surface area contributed by atoms with Gasteiger partial charge in [-0.1, -0.05) is 0 Å². The van der Waals surface area contributed by atoms with E-state index in [1.54, 1.807) is 12.4 Å². The van der Waals surface area contributed by atoms with Crippen LogP contribution in [0.1, 0.15) is 24.2 Å². The molecule has 0 spiro atoms. The number of nitrogens with two attached hydrogens (primary N) is 1. The van der Waals surface area contributed by atoms with Crippen molar-refractivity contribution in [2.75, 3.05) is 5.73 Å². The third-order valence-corrected chi connectivity index (χ3v) is 3.97. The summed E-state index contributed by atoms with van der Waals surface area (Å²) in [6.07, 6.45) is 6.05. The van der Waals surface area contributed by atoms with Crippen LogP contribution in [0, 0.1) is 5.82 Å². The Kier molecular flexibility index (Phi) is 2.86. The largest absolute Gasteiger partial charge is 0.397 e. The fourth-order valence-corrected chi connectivity index (χ4v) is 2.80. The highest BCUT2D eigenvalue weighted by atomic mass is 79.9. The van der Waals surface area contributed by atoms with E-state index in [2.05, 4.69) is 20.9 Å². The quantitative estimate of drug-likeness (QED) is 0.822. The molecule has 0 saturated heterocycles. The number of imidazole rings is 1. The predicted octanol–water partition coefficient (Wildman–Crippen LogP) is 3.23. The van der Waals surface area contributed by atoms with Crippen LogP contribution in [-0.4, -0.2) is 9.55 Å². The zero-order chi connectivity index (χ0) is 12.7. The van der Waals surface area contributed by atoms with Crippen molar-refractivity contribution in [1.29, 1.82) is 0 Å². The van der Waals surface area contributed by atoms with Crippen LogP contribution >= 0.6 is 15.9 Å². The molecule has 3 nitrogen and oxygen atoms in total. The molecule has 5 heteroatoms. The van der Waals surface area contributed by atoms with Gasteiger partial charge in [-0.3, -0.25) is 0 Å². The number of hydrogen-bond acceptors (Lipinski definition) is 2. The minimum atomic E-state index is -0.308. The van der Waals surface area contributed by atoms with Gasteiger partial charge in [0.25, 0.3) is 0 Å². The lowest BCUT2D eigenvalue weighted by Gasteiger charge is -2.15. The van der Waals surface area contributed by atoms with E-state index in [1.807, 2.05) is 4.57 Å². The van der Waals surface area contributed by atoms with Gasteiger partial charge in [-0.25, -0.2) is 9.37 Å². The lowest BCUT2D eigenvalue weighted by atomic mass is 10.0. The molecular weight excluding hydrogens is 297 g/mol. The minimum absolute atomic E-state index is 0.308. The molecular formula is C13H13BrFN3. The molecule has 0 unspecified atom stereocenters. The second kappa shape index (κ2) is 4.39. The van der Waals surface area contributed by atoms with E-state index in [-0.39, 0.29) is 5.82 Å². The molecule has 1 aliphatic rings. The number of hydrogen-bond donors (Lipinski definition) is 1. The van der Waals surface area contributed by atoms with Crippen LogP contribution in [0.15, 0.2) is 22.9 Å². The molecule has 0 radical (unpaired) electrons. The maximum atomic E-state index is 13.6. The first-order valence-electron chi connectivity index (χ1n) is 5.97. The van der Waals surface area contributed by atoms with Crippen molar-refractivity contribution >= 4 is 21.6 Å². The van der Waals surface area contributed by atoms with Gasteiger partial charge in [0.05, 0.1) is 27.9 Å². The van der Waals surface area contributed by atoms with Gasteiger partial charge in [0.15, 0.2) is 0 Å². The molecule has 2 N–H and O–H groups in total. The van der Waals surface area contributed by atoms with Gasteiger partial charge >= 0.3 is 0 Å². The first-order valence-corrected chi connectivity index (χ1v) is 6.76. The lowest BCUT2D eigenvalue weighted by Crippen LogP contribution is -2.08. The first-order chi connectivity index (χ1) is 8.66. The standard InChI is InChI=1S/C13H13BrFN3/c14-8-5-10(16)13(6-9(8)15)18-7-17-11-3-1-2-4-12(11)18/h5-7H,1-4,16H2. The summed E-state index contributed by atoms with van der Waals surface area (Å²) < 4.78 is 15.9. The van der Waals surface area contributed by atoms with Crippen LogP contribution in [-0.2, 0) is 12.8 Å². The molecule has 2 aromatic rings. The molecule has 0 aliphatic heterocycles. The minimum Gasteiger partial charge on any atom is -0.397 e. The van der Waals surface area contributed by atoms with E-state index in [9.17, 15) is 4.39 Å². The molecule has 0 fully saturated rings. The highest BCUT2D eigenvalue weighted by Gasteiger charge is 2.18. The normalized spacial score (nSPS) is 14.6. The number of nitrogen functional groups attached to an aromatic ring is 1. The van der Waals surface area contributed by atoms with Crippen molar-refractivity contribution in [3.05, 3.63) is 40.1 Å². The van der Waals surface area contributed by atoms with Crippen molar-refractivity contribution in [3.8, 4) is 5.69 Å². The van der Waals surface area contributed by atoms with Gasteiger partial charge in [-0.05, 0) is 47.7 Å². The second-order valence-electron chi connectivity index (χ2n) is 4.54. The summed E-state index contributed by atoms with van der Waals surface area (Å²) in [7, 11) is 0. The number of rotatable bonds is 1. The molecule has 18 heavy (non-hydrogen) atoms. The van der Waals surface area contributed by atoms with Crippen LogP contribution in [0.5, 0.6) is 0 Å². The molecule has 0 bridgehead atoms. The fraction of sp³-hybridized carbons (Fsp3) is 0.308. The van der Waals surface area contributed by atoms with E-state index >= 15 is 0 Å². The zero-order valence-corrected chi connectivity index (χ0v) is 11.4. The van der Waals surface area contributed by atoms with Crippen molar-refractivity contribution in [2.24, 2.45) is 0 Å². The molecule has 1 aromatic heterocycles. The Morgan fingerprint density at radius 2 is 2.06 bits per heavy atom. The number of halogens is 2. The van der Waals surface area contributed by atoms with Crippen molar-refractivity contribution in [3.63, 3.8) is 0 Å². The third kappa shape index (κ3) is 1.82. The van der Waals surface area contributed by atoms with E-state index in [1.165, 1.54) is 12.5 Å². The number of fused-ring (bicyclic) bond motifs is 1. The topological polar surface area (TPSA) is 43.8 Å². The van der Waals surface area contributed by atoms with E-state index in [0.29, 0.717) is 15.8 Å². The van der Waals surface area contributed by atoms with Gasteiger partial charge in [-0.2, -0.15) is 0 Å². The Morgan fingerprint density at radius 1 is 1.28 bits per heavy atom. The summed E-state index contributed by atoms with van der Waals surface area (Å²) in [5, 5.41) is 0. The molecule has 0 amide bonds. The molecule has 1 heterocycles. The Hall–Kier alpha value is -1.36. The molecule has 3 rings (SSSR count). The van der Waals surface area contributed by atoms with Gasteiger partial charge in [0, 0.05) is 11.8 Å². The number of benzene rings is 1.